The van der Waals surface area contributed by atoms with Crippen molar-refractivity contribution in [2.45, 2.75) is 11.1 Å². The average Bonchev–Trinajstić information content (AvgIpc) is 2.46. The number of benzene rings is 2. The van der Waals surface area contributed by atoms with Gasteiger partial charge in [-0.3, -0.25) is 0 Å². The summed E-state index contributed by atoms with van der Waals surface area (Å²) in [6, 6.07) is 10.5. The molecule has 0 unspecified atom stereocenters. The van der Waals surface area contributed by atoms with Crippen LogP contribution in [0.3, 0.4) is 0 Å². The van der Waals surface area contributed by atoms with E-state index in [9.17, 15) is 21.6 Å². The van der Waals surface area contributed by atoms with Crippen molar-refractivity contribution in [3.8, 4) is 0 Å². The van der Waals surface area contributed by atoms with E-state index in [2.05, 4.69) is 10.6 Å². The second-order valence-electron chi connectivity index (χ2n) is 4.95. The van der Waals surface area contributed by atoms with Crippen molar-refractivity contribution in [3.05, 3.63) is 54.1 Å². The Morgan fingerprint density at radius 1 is 1.00 bits per heavy atom. The number of alkyl halides is 3. The maximum atomic E-state index is 12.7. The molecular formula is C15H13F3N2O2S2. The summed E-state index contributed by atoms with van der Waals surface area (Å²) < 4.78 is 60.7. The van der Waals surface area contributed by atoms with E-state index in [0.29, 0.717) is 5.69 Å². The highest BCUT2D eigenvalue weighted by atomic mass is 32.2. The van der Waals surface area contributed by atoms with Gasteiger partial charge in [0, 0.05) is 17.6 Å². The monoisotopic (exact) mass is 374 g/mol. The molecule has 2 N–H and O–H groups in total. The molecule has 0 saturated heterocycles. The lowest BCUT2D eigenvalue weighted by molar-refractivity contribution is -0.137. The average molecular weight is 374 g/mol. The normalized spacial score (nSPS) is 11.8. The van der Waals surface area contributed by atoms with Gasteiger partial charge in [0.2, 0.25) is 0 Å². The Labute approximate surface area is 142 Å². The summed E-state index contributed by atoms with van der Waals surface area (Å²) in [4.78, 5) is 0.157. The molecule has 24 heavy (non-hydrogen) atoms. The standard InChI is InChI=1S/C15H13F3N2O2S2/c1-24(21,22)13-7-5-11(6-8-13)19-14(23)20-12-4-2-3-10(9-12)15(16,17)18/h2-9H,1H3,(H2,19,20,23). The molecule has 0 aromatic heterocycles. The van der Waals surface area contributed by atoms with E-state index in [1.807, 2.05) is 0 Å². The first-order valence-corrected chi connectivity index (χ1v) is 8.91. The topological polar surface area (TPSA) is 58.2 Å². The Bertz CT molecular complexity index is 848. The Balaban J connectivity index is 2.06. The Kier molecular flexibility index (Phi) is 5.14. The van der Waals surface area contributed by atoms with Crippen molar-refractivity contribution in [1.82, 2.24) is 0 Å². The minimum absolute atomic E-state index is 0.0847. The highest BCUT2D eigenvalue weighted by Gasteiger charge is 2.30. The van der Waals surface area contributed by atoms with E-state index in [0.717, 1.165) is 18.4 Å². The first-order chi connectivity index (χ1) is 11.1. The van der Waals surface area contributed by atoms with Gasteiger partial charge in [-0.25, -0.2) is 8.42 Å². The Hall–Kier alpha value is -2.13. The number of sulfone groups is 1. The number of rotatable bonds is 3. The van der Waals surface area contributed by atoms with Gasteiger partial charge in [0.05, 0.1) is 10.5 Å². The maximum absolute atomic E-state index is 12.7. The molecule has 0 aliphatic carbocycles. The molecule has 9 heteroatoms. The van der Waals surface area contributed by atoms with Crippen molar-refractivity contribution in [2.75, 3.05) is 16.9 Å². The number of halogens is 3. The molecule has 0 atom stereocenters. The van der Waals surface area contributed by atoms with Crippen LogP contribution in [0.25, 0.3) is 0 Å². The lowest BCUT2D eigenvalue weighted by Gasteiger charge is -2.13. The van der Waals surface area contributed by atoms with Crippen molar-refractivity contribution < 1.29 is 21.6 Å². The number of nitrogens with one attached hydrogen (secondary N) is 2. The van der Waals surface area contributed by atoms with E-state index in [1.165, 1.54) is 36.4 Å². The fourth-order valence-corrected chi connectivity index (χ4v) is 2.72. The predicted octanol–water partition coefficient (Wildman–Crippen LogP) is 3.92. The molecule has 0 heterocycles. The fourth-order valence-electron chi connectivity index (χ4n) is 1.85. The van der Waals surface area contributed by atoms with Gasteiger partial charge in [0.15, 0.2) is 14.9 Å². The van der Waals surface area contributed by atoms with Crippen LogP contribution >= 0.6 is 12.2 Å². The van der Waals surface area contributed by atoms with E-state index in [1.54, 1.807) is 0 Å². The molecule has 2 rings (SSSR count). The molecule has 0 aliphatic rings. The van der Waals surface area contributed by atoms with Gasteiger partial charge in [-0.15, -0.1) is 0 Å². The van der Waals surface area contributed by atoms with E-state index in [-0.39, 0.29) is 15.7 Å². The molecule has 0 radical (unpaired) electrons. The van der Waals surface area contributed by atoms with Crippen LogP contribution in [0, 0.1) is 0 Å². The molecule has 4 nitrogen and oxygen atoms in total. The summed E-state index contributed by atoms with van der Waals surface area (Å²) in [6.07, 6.45) is -3.34. The van der Waals surface area contributed by atoms with Gasteiger partial charge >= 0.3 is 6.18 Å². The van der Waals surface area contributed by atoms with Gasteiger partial charge in [0.25, 0.3) is 0 Å². The molecule has 0 bridgehead atoms. The minimum atomic E-state index is -4.44. The number of hydrogen-bond donors (Lipinski definition) is 2. The van der Waals surface area contributed by atoms with Crippen molar-refractivity contribution >= 4 is 38.5 Å². The third-order valence-electron chi connectivity index (χ3n) is 2.99. The van der Waals surface area contributed by atoms with E-state index >= 15 is 0 Å². The van der Waals surface area contributed by atoms with Crippen LogP contribution in [0.5, 0.6) is 0 Å². The first-order valence-electron chi connectivity index (χ1n) is 6.61. The van der Waals surface area contributed by atoms with Crippen LogP contribution in [-0.4, -0.2) is 19.8 Å². The minimum Gasteiger partial charge on any atom is -0.332 e. The van der Waals surface area contributed by atoms with Crippen molar-refractivity contribution in [1.29, 1.82) is 0 Å². The number of thiocarbonyl (C=S) groups is 1. The molecule has 128 valence electrons. The van der Waals surface area contributed by atoms with Crippen LogP contribution in [0.4, 0.5) is 24.5 Å². The van der Waals surface area contributed by atoms with Gasteiger partial charge in [-0.05, 0) is 54.7 Å². The smallest absolute Gasteiger partial charge is 0.332 e. The van der Waals surface area contributed by atoms with Crippen LogP contribution in [0.1, 0.15) is 5.56 Å². The first kappa shape index (κ1) is 18.2. The predicted molar refractivity (Wildman–Crippen MR) is 90.8 cm³/mol. The van der Waals surface area contributed by atoms with Gasteiger partial charge in [-0.1, -0.05) is 6.07 Å². The fraction of sp³-hybridized carbons (Fsp3) is 0.133. The molecule has 0 fully saturated rings. The van der Waals surface area contributed by atoms with Crippen LogP contribution < -0.4 is 10.6 Å². The molecular weight excluding hydrogens is 361 g/mol. The summed E-state index contributed by atoms with van der Waals surface area (Å²) in [6.45, 7) is 0. The molecule has 2 aromatic rings. The van der Waals surface area contributed by atoms with Gasteiger partial charge < -0.3 is 10.6 Å². The second-order valence-corrected chi connectivity index (χ2v) is 7.38. The summed E-state index contributed by atoms with van der Waals surface area (Å²) in [7, 11) is -3.30. The summed E-state index contributed by atoms with van der Waals surface area (Å²) in [5.41, 5.74) is -0.0882. The van der Waals surface area contributed by atoms with Gasteiger partial charge in [0.1, 0.15) is 0 Å². The van der Waals surface area contributed by atoms with Crippen molar-refractivity contribution in [3.63, 3.8) is 0 Å². The summed E-state index contributed by atoms with van der Waals surface area (Å²) >= 11 is 5.04. The number of anilines is 2. The van der Waals surface area contributed by atoms with Crippen LogP contribution in [0.2, 0.25) is 0 Å². The zero-order valence-corrected chi connectivity index (χ0v) is 14.0. The third-order valence-corrected chi connectivity index (χ3v) is 4.32. The molecule has 0 aliphatic heterocycles. The third kappa shape index (κ3) is 4.93. The quantitative estimate of drug-likeness (QED) is 0.798. The lowest BCUT2D eigenvalue weighted by atomic mass is 10.2. The zero-order chi connectivity index (χ0) is 18.0. The largest absolute Gasteiger partial charge is 0.416 e. The second kappa shape index (κ2) is 6.78. The summed E-state index contributed by atoms with van der Waals surface area (Å²) in [5, 5.41) is 5.51. The van der Waals surface area contributed by atoms with Crippen LogP contribution in [0.15, 0.2) is 53.4 Å². The molecule has 0 amide bonds. The summed E-state index contributed by atoms with van der Waals surface area (Å²) in [5.74, 6) is 0. The maximum Gasteiger partial charge on any atom is 0.416 e. The number of hydrogen-bond acceptors (Lipinski definition) is 3. The Morgan fingerprint density at radius 3 is 2.12 bits per heavy atom. The molecule has 0 saturated carbocycles. The SMILES string of the molecule is CS(=O)(=O)c1ccc(NC(=S)Nc2cccc(C(F)(F)F)c2)cc1. The molecule has 2 aromatic carbocycles. The molecule has 0 spiro atoms. The van der Waals surface area contributed by atoms with Crippen molar-refractivity contribution in [2.24, 2.45) is 0 Å². The Morgan fingerprint density at radius 2 is 1.58 bits per heavy atom. The van der Waals surface area contributed by atoms with Crippen LogP contribution in [-0.2, 0) is 16.0 Å². The van der Waals surface area contributed by atoms with E-state index in [4.69, 9.17) is 12.2 Å². The highest BCUT2D eigenvalue weighted by Crippen LogP contribution is 2.30. The lowest BCUT2D eigenvalue weighted by Crippen LogP contribution is -2.19. The zero-order valence-electron chi connectivity index (χ0n) is 12.4. The highest BCUT2D eigenvalue weighted by molar-refractivity contribution is 7.90. The van der Waals surface area contributed by atoms with E-state index < -0.39 is 21.6 Å². The van der Waals surface area contributed by atoms with Gasteiger partial charge in [-0.2, -0.15) is 13.2 Å².